The molecule has 1 aliphatic rings. The van der Waals surface area contributed by atoms with E-state index in [4.69, 9.17) is 19.9 Å². The van der Waals surface area contributed by atoms with Gasteiger partial charge in [0.1, 0.15) is 6.61 Å². The van der Waals surface area contributed by atoms with Gasteiger partial charge in [-0.3, -0.25) is 0 Å². The second kappa shape index (κ2) is 12.1. The number of hydrogen-bond donors (Lipinski definition) is 2. The molecular weight excluding hydrogens is 296 g/mol. The topological polar surface area (TPSA) is 82.8 Å². The Kier molecular flexibility index (Phi) is 10.4. The first-order valence-electron chi connectivity index (χ1n) is 8.33. The van der Waals surface area contributed by atoms with Gasteiger partial charge in [0.25, 0.3) is 0 Å². The maximum absolute atomic E-state index is 12.2. The van der Waals surface area contributed by atoms with E-state index in [-0.39, 0.29) is 19.1 Å². The van der Waals surface area contributed by atoms with Crippen molar-refractivity contribution in [2.45, 2.75) is 32.6 Å². The molecule has 0 saturated heterocycles. The molecule has 1 rings (SSSR count). The molecule has 0 fully saturated rings. The Morgan fingerprint density at radius 3 is 2.83 bits per heavy atom. The Morgan fingerprint density at radius 1 is 1.30 bits per heavy atom. The van der Waals surface area contributed by atoms with Crippen molar-refractivity contribution in [1.82, 2.24) is 5.32 Å². The number of allylic oxidation sites excluding steroid dienone is 3. The molecule has 0 heterocycles. The van der Waals surface area contributed by atoms with Crippen LogP contribution in [0, 0.1) is 0 Å². The summed E-state index contributed by atoms with van der Waals surface area (Å²) in [6.45, 7) is 4.99. The molecule has 0 aromatic rings. The lowest BCUT2D eigenvalue weighted by molar-refractivity contribution is -0.140. The van der Waals surface area contributed by atoms with Crippen LogP contribution in [0.2, 0.25) is 0 Å². The Hall–Kier alpha value is -1.37. The van der Waals surface area contributed by atoms with Crippen molar-refractivity contribution in [2.75, 3.05) is 46.6 Å². The lowest BCUT2D eigenvalue weighted by Gasteiger charge is -2.19. The van der Waals surface area contributed by atoms with Crippen LogP contribution in [-0.4, -0.2) is 52.6 Å². The number of carbonyl (C=O) groups excluding carboxylic acids is 1. The Balaban J connectivity index is 2.61. The third-order valence-corrected chi connectivity index (χ3v) is 3.62. The summed E-state index contributed by atoms with van der Waals surface area (Å²) >= 11 is 0. The third kappa shape index (κ3) is 7.63. The summed E-state index contributed by atoms with van der Waals surface area (Å²) in [5.41, 5.74) is 8.46. The van der Waals surface area contributed by atoms with Crippen LogP contribution in [0.3, 0.4) is 0 Å². The average Bonchev–Trinajstić information content (AvgIpc) is 2.57. The summed E-state index contributed by atoms with van der Waals surface area (Å²) < 4.78 is 15.4. The lowest BCUT2D eigenvalue weighted by atomic mass is 9.94. The van der Waals surface area contributed by atoms with Gasteiger partial charge in [0.05, 0.1) is 12.2 Å². The molecule has 0 aliphatic heterocycles. The fourth-order valence-electron chi connectivity index (χ4n) is 2.44. The molecule has 132 valence electrons. The van der Waals surface area contributed by atoms with Crippen LogP contribution >= 0.6 is 0 Å². The van der Waals surface area contributed by atoms with Crippen molar-refractivity contribution in [3.63, 3.8) is 0 Å². The summed E-state index contributed by atoms with van der Waals surface area (Å²) in [7, 11) is 1.70. The molecule has 0 spiro atoms. The number of rotatable bonds is 11. The first kappa shape index (κ1) is 19.7. The van der Waals surface area contributed by atoms with Gasteiger partial charge in [-0.05, 0) is 44.3 Å². The molecule has 0 aromatic heterocycles. The van der Waals surface area contributed by atoms with Gasteiger partial charge in [-0.15, -0.1) is 0 Å². The predicted octanol–water partition coefficient (Wildman–Crippen LogP) is 1.52. The minimum atomic E-state index is -0.334. The van der Waals surface area contributed by atoms with Crippen LogP contribution in [0.25, 0.3) is 0 Å². The van der Waals surface area contributed by atoms with Crippen molar-refractivity contribution < 1.29 is 19.0 Å². The number of methoxy groups -OCH3 is 1. The number of nitrogens with one attached hydrogen (secondary N) is 1. The molecule has 3 N–H and O–H groups in total. The largest absolute Gasteiger partial charge is 0.460 e. The predicted molar refractivity (Wildman–Crippen MR) is 90.0 cm³/mol. The summed E-state index contributed by atoms with van der Waals surface area (Å²) in [6.07, 6.45) is 5.86. The summed E-state index contributed by atoms with van der Waals surface area (Å²) in [5, 5.41) is 3.40. The zero-order valence-corrected chi connectivity index (χ0v) is 14.4. The average molecular weight is 326 g/mol. The number of ether oxygens (including phenoxy) is 3. The minimum absolute atomic E-state index is 0.191. The van der Waals surface area contributed by atoms with E-state index in [2.05, 4.69) is 5.32 Å². The van der Waals surface area contributed by atoms with Crippen LogP contribution < -0.4 is 11.1 Å². The van der Waals surface area contributed by atoms with Crippen molar-refractivity contribution in [2.24, 2.45) is 5.73 Å². The molecule has 0 saturated carbocycles. The highest BCUT2D eigenvalue weighted by Crippen LogP contribution is 2.24. The van der Waals surface area contributed by atoms with Crippen LogP contribution in [0.5, 0.6) is 0 Å². The van der Waals surface area contributed by atoms with Crippen molar-refractivity contribution in [1.29, 1.82) is 0 Å². The molecule has 0 aromatic carbocycles. The normalized spacial score (nSPS) is 16.7. The van der Waals surface area contributed by atoms with Gasteiger partial charge in [0.2, 0.25) is 0 Å². The van der Waals surface area contributed by atoms with Gasteiger partial charge < -0.3 is 25.3 Å². The van der Waals surface area contributed by atoms with E-state index in [1.54, 1.807) is 7.11 Å². The van der Waals surface area contributed by atoms with E-state index in [9.17, 15) is 4.79 Å². The highest BCUT2D eigenvalue weighted by atomic mass is 16.6. The van der Waals surface area contributed by atoms with Crippen LogP contribution in [0.4, 0.5) is 0 Å². The third-order valence-electron chi connectivity index (χ3n) is 3.62. The smallest absolute Gasteiger partial charge is 0.335 e. The number of esters is 1. The first-order chi connectivity index (χ1) is 11.2. The lowest BCUT2D eigenvalue weighted by Crippen LogP contribution is -2.22. The molecular formula is C17H30N2O4. The second-order valence-electron chi connectivity index (χ2n) is 5.34. The summed E-state index contributed by atoms with van der Waals surface area (Å²) in [4.78, 5) is 12.2. The van der Waals surface area contributed by atoms with E-state index in [1.165, 1.54) is 0 Å². The Labute approximate surface area is 139 Å². The maximum atomic E-state index is 12.2. The van der Waals surface area contributed by atoms with E-state index in [0.29, 0.717) is 18.8 Å². The first-order valence-corrected chi connectivity index (χ1v) is 8.33. The van der Waals surface area contributed by atoms with Gasteiger partial charge in [0.15, 0.2) is 0 Å². The second-order valence-corrected chi connectivity index (χ2v) is 5.34. The van der Waals surface area contributed by atoms with Crippen LogP contribution in [-0.2, 0) is 19.0 Å². The molecule has 0 bridgehead atoms. The summed E-state index contributed by atoms with van der Waals surface area (Å²) in [5.74, 6) is -0.334. The number of carbonyl (C=O) groups is 1. The molecule has 23 heavy (non-hydrogen) atoms. The zero-order chi connectivity index (χ0) is 16.9. The van der Waals surface area contributed by atoms with E-state index in [1.807, 2.05) is 13.0 Å². The van der Waals surface area contributed by atoms with Gasteiger partial charge in [-0.2, -0.15) is 0 Å². The fraction of sp³-hybridized carbons (Fsp3) is 0.706. The fourth-order valence-corrected chi connectivity index (χ4v) is 2.44. The molecule has 6 heteroatoms. The SMILES string of the molecule is CCOCCOC(=O)/C(CN)=C1/C=C(NCCCOC)CCC1. The Bertz CT molecular complexity index is 419. The Morgan fingerprint density at radius 2 is 2.13 bits per heavy atom. The molecule has 6 nitrogen and oxygen atoms in total. The summed E-state index contributed by atoms with van der Waals surface area (Å²) in [6, 6.07) is 0. The van der Waals surface area contributed by atoms with Gasteiger partial charge in [-0.25, -0.2) is 4.79 Å². The molecule has 0 atom stereocenters. The van der Waals surface area contributed by atoms with Crippen molar-refractivity contribution in [3.8, 4) is 0 Å². The van der Waals surface area contributed by atoms with Crippen LogP contribution in [0.15, 0.2) is 22.9 Å². The van der Waals surface area contributed by atoms with E-state index >= 15 is 0 Å². The van der Waals surface area contributed by atoms with E-state index < -0.39 is 0 Å². The highest BCUT2D eigenvalue weighted by Gasteiger charge is 2.17. The van der Waals surface area contributed by atoms with Gasteiger partial charge >= 0.3 is 5.97 Å². The number of nitrogens with two attached hydrogens (primary N) is 1. The minimum Gasteiger partial charge on any atom is -0.460 e. The highest BCUT2D eigenvalue weighted by molar-refractivity contribution is 5.90. The zero-order valence-electron chi connectivity index (χ0n) is 14.4. The standard InChI is InChI=1S/C17H30N2O4/c1-3-22-10-11-23-17(20)16(13-18)14-6-4-7-15(12-14)19-8-5-9-21-2/h12,19H,3-11,13,18H2,1-2H3/b16-14+. The number of hydrogen-bond acceptors (Lipinski definition) is 6. The molecule has 1 aliphatic carbocycles. The molecule has 0 amide bonds. The van der Waals surface area contributed by atoms with E-state index in [0.717, 1.165) is 50.1 Å². The molecule has 0 radical (unpaired) electrons. The maximum Gasteiger partial charge on any atom is 0.335 e. The van der Waals surface area contributed by atoms with Crippen molar-refractivity contribution >= 4 is 5.97 Å². The quantitative estimate of drug-likeness (QED) is 0.340. The van der Waals surface area contributed by atoms with Crippen LogP contribution in [0.1, 0.15) is 32.6 Å². The van der Waals surface area contributed by atoms with Crippen molar-refractivity contribution in [3.05, 3.63) is 22.9 Å². The van der Waals surface area contributed by atoms with Gasteiger partial charge in [-0.1, -0.05) is 0 Å². The monoisotopic (exact) mass is 326 g/mol. The molecule has 0 unspecified atom stereocenters. The van der Waals surface area contributed by atoms with Gasteiger partial charge in [0, 0.05) is 39.1 Å².